The maximum atomic E-state index is 11.4. The molecule has 0 bridgehead atoms. The Morgan fingerprint density at radius 2 is 2.08 bits per heavy atom. The van der Waals surface area contributed by atoms with Crippen molar-refractivity contribution in [2.45, 2.75) is 46.4 Å². The van der Waals surface area contributed by atoms with Crippen molar-refractivity contribution in [1.29, 1.82) is 0 Å². The van der Waals surface area contributed by atoms with Gasteiger partial charge in [0.1, 0.15) is 11.8 Å². The summed E-state index contributed by atoms with van der Waals surface area (Å²) < 4.78 is 15.3. The highest BCUT2D eigenvalue weighted by atomic mass is 31.2. The minimum absolute atomic E-state index is 0.00362. The molecule has 0 fully saturated rings. The maximum absolute atomic E-state index is 11.4. The van der Waals surface area contributed by atoms with Gasteiger partial charge >= 0.3 is 13.8 Å². The van der Waals surface area contributed by atoms with Gasteiger partial charge < -0.3 is 20.0 Å². The van der Waals surface area contributed by atoms with Gasteiger partial charge in [-0.25, -0.2) is 4.57 Å². The molecule has 9 nitrogen and oxygen atoms in total. The number of carboxylic acid groups (broad SMARTS) is 1. The third-order valence-electron chi connectivity index (χ3n) is 3.80. The summed E-state index contributed by atoms with van der Waals surface area (Å²) in [6.45, 7) is 4.77. The average molecular weight is 362 g/mol. The van der Waals surface area contributed by atoms with Crippen LogP contribution in [0.4, 0.5) is 0 Å². The number of aliphatic carboxylic acids is 1. The van der Waals surface area contributed by atoms with Gasteiger partial charge in [0.25, 0.3) is 0 Å². The minimum atomic E-state index is -4.68. The lowest BCUT2D eigenvalue weighted by Crippen LogP contribution is -2.41. The van der Waals surface area contributed by atoms with Crippen molar-refractivity contribution in [2.24, 2.45) is 5.92 Å². The number of nitrogens with one attached hydrogen (secondary N) is 1. The summed E-state index contributed by atoms with van der Waals surface area (Å²) >= 11 is 0. The number of carboxylic acids is 1. The highest BCUT2D eigenvalue weighted by Crippen LogP contribution is 2.38. The number of nitrogens with zero attached hydrogens (tertiary/aromatic N) is 1. The van der Waals surface area contributed by atoms with Gasteiger partial charge in [0.05, 0.1) is 12.3 Å². The zero-order chi connectivity index (χ0) is 18.5. The predicted molar refractivity (Wildman–Crippen MR) is 85.2 cm³/mol. The van der Waals surface area contributed by atoms with Crippen LogP contribution in [0.3, 0.4) is 0 Å². The summed E-state index contributed by atoms with van der Waals surface area (Å²) in [5.74, 6) is -1.31. The lowest BCUT2D eigenvalue weighted by molar-refractivity contribution is -0.140. The zero-order valence-electron chi connectivity index (χ0n) is 13.8. The highest BCUT2D eigenvalue weighted by Gasteiger charge is 2.24. The first-order chi connectivity index (χ1) is 11.1. The first kappa shape index (κ1) is 20.5. The van der Waals surface area contributed by atoms with Crippen LogP contribution in [0.5, 0.6) is 5.75 Å². The number of hydrogen-bond donors (Lipinski definition) is 5. The molecule has 5 N–H and O–H groups in total. The molecule has 0 spiro atoms. The molecule has 0 aliphatic heterocycles. The van der Waals surface area contributed by atoms with Crippen molar-refractivity contribution in [3.8, 4) is 5.75 Å². The maximum Gasteiger partial charge on any atom is 0.469 e. The van der Waals surface area contributed by atoms with Gasteiger partial charge in [-0.3, -0.25) is 19.6 Å². The summed E-state index contributed by atoms with van der Waals surface area (Å²) in [4.78, 5) is 32.9. The van der Waals surface area contributed by atoms with Crippen LogP contribution in [0.2, 0.25) is 0 Å². The normalized spacial score (nSPS) is 14.4. The molecule has 1 aromatic heterocycles. The van der Waals surface area contributed by atoms with Crippen molar-refractivity contribution < 1.29 is 33.9 Å². The first-order valence-corrected chi connectivity index (χ1v) is 8.92. The molecule has 1 rings (SSSR count). The number of aryl methyl sites for hydroxylation is 1. The van der Waals surface area contributed by atoms with Gasteiger partial charge in [-0.05, 0) is 12.8 Å². The Hall–Kier alpha value is -1.51. The van der Waals surface area contributed by atoms with Gasteiger partial charge in [0.15, 0.2) is 0 Å². The number of aromatic nitrogens is 1. The van der Waals surface area contributed by atoms with Crippen molar-refractivity contribution in [2.75, 3.05) is 0 Å². The first-order valence-electron chi connectivity index (χ1n) is 7.39. The van der Waals surface area contributed by atoms with Gasteiger partial charge in [-0.15, -0.1) is 0 Å². The van der Waals surface area contributed by atoms with E-state index in [0.717, 1.165) is 0 Å². The quantitative estimate of drug-likeness (QED) is 0.410. The van der Waals surface area contributed by atoms with E-state index in [1.54, 1.807) is 13.8 Å². The van der Waals surface area contributed by atoms with E-state index in [4.69, 9.17) is 9.79 Å². The number of rotatable bonds is 9. The molecule has 1 unspecified atom stereocenters. The van der Waals surface area contributed by atoms with Gasteiger partial charge in [0.2, 0.25) is 0 Å². The Balaban J connectivity index is 3.01. The summed E-state index contributed by atoms with van der Waals surface area (Å²) in [7, 11) is -4.68. The Morgan fingerprint density at radius 1 is 1.46 bits per heavy atom. The molecule has 0 amide bonds. The van der Waals surface area contributed by atoms with Crippen molar-refractivity contribution >= 4 is 13.8 Å². The fourth-order valence-corrected chi connectivity index (χ4v) is 2.45. The molecule has 2 atom stereocenters. The van der Waals surface area contributed by atoms with E-state index in [0.29, 0.717) is 17.7 Å². The summed E-state index contributed by atoms with van der Waals surface area (Å²) in [5, 5.41) is 22.3. The Kier molecular flexibility index (Phi) is 7.31. The van der Waals surface area contributed by atoms with Gasteiger partial charge in [-0.2, -0.15) is 0 Å². The van der Waals surface area contributed by atoms with E-state index in [2.05, 4.69) is 14.8 Å². The molecular formula is C14H23N2O7P. The van der Waals surface area contributed by atoms with Gasteiger partial charge in [0, 0.05) is 23.9 Å². The van der Waals surface area contributed by atoms with E-state index in [1.165, 1.54) is 6.20 Å². The highest BCUT2D eigenvalue weighted by molar-refractivity contribution is 7.46. The molecule has 1 heterocycles. The number of phosphoric ester groups is 1. The van der Waals surface area contributed by atoms with Crippen LogP contribution in [0.1, 0.15) is 37.1 Å². The molecule has 24 heavy (non-hydrogen) atoms. The fraction of sp³-hybridized carbons (Fsp3) is 0.571. The summed E-state index contributed by atoms with van der Waals surface area (Å²) in [6.07, 6.45) is 1.99. The number of aromatic hydroxyl groups is 1. The number of phosphoric acid groups is 1. The molecule has 0 aliphatic carbocycles. The Bertz CT molecular complexity index is 632. The third-order valence-corrected chi connectivity index (χ3v) is 4.26. The third kappa shape index (κ3) is 5.85. The molecule has 0 aromatic carbocycles. The summed E-state index contributed by atoms with van der Waals surface area (Å²) in [6, 6.07) is -0.821. The largest absolute Gasteiger partial charge is 0.506 e. The summed E-state index contributed by atoms with van der Waals surface area (Å²) in [5.41, 5.74) is 0.884. The second kappa shape index (κ2) is 8.55. The van der Waals surface area contributed by atoms with Crippen LogP contribution in [0.15, 0.2) is 6.20 Å². The lowest BCUT2D eigenvalue weighted by Gasteiger charge is -2.21. The predicted octanol–water partition coefficient (Wildman–Crippen LogP) is 1.29. The van der Waals surface area contributed by atoms with E-state index in [1.807, 2.05) is 6.92 Å². The van der Waals surface area contributed by atoms with Crippen LogP contribution < -0.4 is 5.32 Å². The molecule has 1 aromatic rings. The van der Waals surface area contributed by atoms with Crippen LogP contribution >= 0.6 is 7.82 Å². The number of pyridine rings is 1. The van der Waals surface area contributed by atoms with E-state index in [9.17, 15) is 19.6 Å². The molecule has 10 heteroatoms. The number of carbonyl (C=O) groups is 1. The van der Waals surface area contributed by atoms with Crippen LogP contribution in [0, 0.1) is 12.8 Å². The Labute approximate surface area is 139 Å². The lowest BCUT2D eigenvalue weighted by atomic mass is 9.98. The van der Waals surface area contributed by atoms with Crippen LogP contribution in [0.25, 0.3) is 0 Å². The Morgan fingerprint density at radius 3 is 2.58 bits per heavy atom. The molecule has 0 saturated heterocycles. The average Bonchev–Trinajstić information content (AvgIpc) is 2.48. The second-order valence-electron chi connectivity index (χ2n) is 5.54. The zero-order valence-corrected chi connectivity index (χ0v) is 14.7. The fourth-order valence-electron chi connectivity index (χ4n) is 2.14. The van der Waals surface area contributed by atoms with Crippen molar-refractivity contribution in [1.82, 2.24) is 10.3 Å². The van der Waals surface area contributed by atoms with Crippen LogP contribution in [-0.4, -0.2) is 37.0 Å². The molecule has 136 valence electrons. The molecule has 0 saturated carbocycles. The van der Waals surface area contributed by atoms with E-state index in [-0.39, 0.29) is 23.8 Å². The smallest absolute Gasteiger partial charge is 0.469 e. The minimum Gasteiger partial charge on any atom is -0.506 e. The molecule has 0 aliphatic rings. The molecule has 0 radical (unpaired) electrons. The standard InChI is InChI=1S/C14H23N2O7P/c1-4-8(2)12(14(18)19)16-6-11-10(7-23-24(20,21)22)5-15-9(3)13(11)17/h5,8,12,16-17H,4,6-7H2,1-3H3,(H,18,19)(H2,20,21,22)/t8-,12?/m0/s1. The van der Waals surface area contributed by atoms with Crippen LogP contribution in [-0.2, 0) is 27.0 Å². The van der Waals surface area contributed by atoms with E-state index < -0.39 is 26.4 Å². The van der Waals surface area contributed by atoms with E-state index >= 15 is 0 Å². The van der Waals surface area contributed by atoms with Crippen molar-refractivity contribution in [3.63, 3.8) is 0 Å². The van der Waals surface area contributed by atoms with Crippen molar-refractivity contribution in [3.05, 3.63) is 23.0 Å². The second-order valence-corrected chi connectivity index (χ2v) is 6.78. The topological polar surface area (TPSA) is 149 Å². The molecular weight excluding hydrogens is 339 g/mol. The SMILES string of the molecule is CC[C@H](C)C(NCc1c(COP(=O)(O)O)cnc(C)c1O)C(=O)O. The van der Waals surface area contributed by atoms with Gasteiger partial charge in [-0.1, -0.05) is 20.3 Å². The number of hydrogen-bond acceptors (Lipinski definition) is 6. The monoisotopic (exact) mass is 362 g/mol.